The first-order valence-corrected chi connectivity index (χ1v) is 9.25. The number of hydrogen-bond acceptors (Lipinski definition) is 4. The Morgan fingerprint density at radius 1 is 1.15 bits per heavy atom. The van der Waals surface area contributed by atoms with Crippen LogP contribution in [0, 0.1) is 12.7 Å². The number of sulfonamides is 1. The molecule has 1 aromatic heterocycles. The lowest BCUT2D eigenvalue weighted by Crippen LogP contribution is -2.39. The molecule has 26 heavy (non-hydrogen) atoms. The molecular weight excluding hydrogens is 361 g/mol. The molecule has 0 fully saturated rings. The predicted octanol–water partition coefficient (Wildman–Crippen LogP) is 1.12. The fourth-order valence-electron chi connectivity index (χ4n) is 2.60. The van der Waals surface area contributed by atoms with Gasteiger partial charge in [0.15, 0.2) is 0 Å². The third-order valence-electron chi connectivity index (χ3n) is 3.95. The Bertz CT molecular complexity index is 1200. The summed E-state index contributed by atoms with van der Waals surface area (Å²) in [4.78, 5) is 26.2. The number of nitrogens with one attached hydrogen (secondary N) is 2. The molecule has 0 bridgehead atoms. The highest BCUT2D eigenvalue weighted by atomic mass is 32.2. The third-order valence-corrected chi connectivity index (χ3v) is 5.41. The van der Waals surface area contributed by atoms with Crippen LogP contribution in [0.3, 0.4) is 0 Å². The zero-order valence-corrected chi connectivity index (χ0v) is 14.6. The van der Waals surface area contributed by atoms with Gasteiger partial charge in [0.05, 0.1) is 15.9 Å². The molecule has 3 aromatic rings. The molecule has 1 heterocycles. The van der Waals surface area contributed by atoms with Gasteiger partial charge in [0, 0.05) is 13.1 Å². The number of H-pyrrole nitrogens is 1. The Morgan fingerprint density at radius 2 is 1.88 bits per heavy atom. The van der Waals surface area contributed by atoms with Crippen molar-refractivity contribution in [3.8, 4) is 0 Å². The minimum atomic E-state index is -3.86. The minimum Gasteiger partial charge on any atom is -0.316 e. The highest BCUT2D eigenvalue weighted by molar-refractivity contribution is 7.89. The van der Waals surface area contributed by atoms with E-state index in [2.05, 4.69) is 9.71 Å². The van der Waals surface area contributed by atoms with E-state index in [4.69, 9.17) is 0 Å². The van der Waals surface area contributed by atoms with Gasteiger partial charge in [0.2, 0.25) is 10.0 Å². The zero-order chi connectivity index (χ0) is 18.9. The SMILES string of the molecule is Cc1cc(S(=O)(=O)NCCn2c(=O)c(=O)[nH]c3ccccc32)ccc1F. The average Bonchev–Trinajstić information content (AvgIpc) is 2.60. The predicted molar refractivity (Wildman–Crippen MR) is 95.2 cm³/mol. The summed E-state index contributed by atoms with van der Waals surface area (Å²) in [5, 5.41) is 0. The van der Waals surface area contributed by atoms with Gasteiger partial charge in [-0.1, -0.05) is 12.1 Å². The molecule has 0 amide bonds. The number of aryl methyl sites for hydroxylation is 1. The summed E-state index contributed by atoms with van der Waals surface area (Å²) in [5.74, 6) is -0.495. The zero-order valence-electron chi connectivity index (χ0n) is 13.8. The minimum absolute atomic E-state index is 0.0251. The summed E-state index contributed by atoms with van der Waals surface area (Å²) < 4.78 is 41.5. The maximum Gasteiger partial charge on any atom is 0.316 e. The van der Waals surface area contributed by atoms with Gasteiger partial charge in [-0.3, -0.25) is 9.59 Å². The molecule has 0 aliphatic carbocycles. The second-order valence-corrected chi connectivity index (χ2v) is 7.50. The maximum atomic E-state index is 13.3. The van der Waals surface area contributed by atoms with Crippen molar-refractivity contribution in [2.45, 2.75) is 18.4 Å². The Balaban J connectivity index is 1.85. The molecular formula is C17H16FN3O4S. The van der Waals surface area contributed by atoms with Crippen molar-refractivity contribution in [1.29, 1.82) is 0 Å². The van der Waals surface area contributed by atoms with Crippen molar-refractivity contribution >= 4 is 21.1 Å². The van der Waals surface area contributed by atoms with Crippen molar-refractivity contribution < 1.29 is 12.8 Å². The van der Waals surface area contributed by atoms with Crippen LogP contribution in [-0.2, 0) is 16.6 Å². The summed E-state index contributed by atoms with van der Waals surface area (Å²) in [6, 6.07) is 10.2. The lowest BCUT2D eigenvalue weighted by atomic mass is 10.2. The normalized spacial score (nSPS) is 11.8. The van der Waals surface area contributed by atoms with Crippen molar-refractivity contribution in [3.05, 3.63) is 74.6 Å². The van der Waals surface area contributed by atoms with E-state index >= 15 is 0 Å². The van der Waals surface area contributed by atoms with Gasteiger partial charge in [-0.05, 0) is 42.8 Å². The van der Waals surface area contributed by atoms with Crippen molar-refractivity contribution in [1.82, 2.24) is 14.3 Å². The van der Waals surface area contributed by atoms with Crippen molar-refractivity contribution in [2.24, 2.45) is 0 Å². The molecule has 9 heteroatoms. The number of rotatable bonds is 5. The van der Waals surface area contributed by atoms with E-state index in [1.165, 1.54) is 23.6 Å². The first kappa shape index (κ1) is 18.0. The van der Waals surface area contributed by atoms with Gasteiger partial charge >= 0.3 is 11.1 Å². The van der Waals surface area contributed by atoms with E-state index in [9.17, 15) is 22.4 Å². The molecule has 0 saturated heterocycles. The molecule has 0 unspecified atom stereocenters. The summed E-state index contributed by atoms with van der Waals surface area (Å²) >= 11 is 0. The van der Waals surface area contributed by atoms with Crippen LogP contribution in [0.1, 0.15) is 5.56 Å². The number of aromatic amines is 1. The largest absolute Gasteiger partial charge is 0.316 e. The number of aromatic nitrogens is 2. The van der Waals surface area contributed by atoms with Gasteiger partial charge in [0.25, 0.3) is 0 Å². The van der Waals surface area contributed by atoms with E-state index in [0.29, 0.717) is 11.0 Å². The Hall–Kier alpha value is -2.78. The molecule has 0 aliphatic rings. The fourth-order valence-corrected chi connectivity index (χ4v) is 3.71. The van der Waals surface area contributed by atoms with Crippen molar-refractivity contribution in [3.63, 3.8) is 0 Å². The summed E-state index contributed by atoms with van der Waals surface area (Å²) in [6.07, 6.45) is 0. The molecule has 2 aromatic carbocycles. The van der Waals surface area contributed by atoms with Crippen LogP contribution in [0.5, 0.6) is 0 Å². The standard InChI is InChI=1S/C17H16FN3O4S/c1-11-10-12(6-7-13(11)18)26(24,25)19-8-9-21-15-5-3-2-4-14(15)20-16(22)17(21)23/h2-7,10,19H,8-9H2,1H3,(H,20,22). The summed E-state index contributed by atoms with van der Waals surface area (Å²) in [6.45, 7) is 1.34. The second-order valence-electron chi connectivity index (χ2n) is 5.74. The highest BCUT2D eigenvalue weighted by Gasteiger charge is 2.15. The van der Waals surface area contributed by atoms with E-state index < -0.39 is 27.0 Å². The lowest BCUT2D eigenvalue weighted by molar-refractivity contribution is 0.571. The maximum absolute atomic E-state index is 13.3. The van der Waals surface area contributed by atoms with Crippen LogP contribution in [0.2, 0.25) is 0 Å². The van der Waals surface area contributed by atoms with Crippen molar-refractivity contribution in [2.75, 3.05) is 6.54 Å². The summed E-state index contributed by atoms with van der Waals surface area (Å²) in [5.41, 5.74) is -0.353. The Kier molecular flexibility index (Phi) is 4.75. The number of nitrogens with zero attached hydrogens (tertiary/aromatic N) is 1. The molecule has 0 aliphatic heterocycles. The molecule has 7 nitrogen and oxygen atoms in total. The third kappa shape index (κ3) is 3.44. The smallest absolute Gasteiger partial charge is 0.316 e. The molecule has 0 saturated carbocycles. The van der Waals surface area contributed by atoms with Gasteiger partial charge in [-0.2, -0.15) is 0 Å². The van der Waals surface area contributed by atoms with Crippen LogP contribution in [0.4, 0.5) is 4.39 Å². The number of hydrogen-bond donors (Lipinski definition) is 2. The van der Waals surface area contributed by atoms with E-state index in [1.807, 2.05) is 0 Å². The van der Waals surface area contributed by atoms with Gasteiger partial charge in [0.1, 0.15) is 5.82 Å². The highest BCUT2D eigenvalue weighted by Crippen LogP contribution is 2.14. The first-order chi connectivity index (χ1) is 12.3. The monoisotopic (exact) mass is 377 g/mol. The molecule has 0 atom stereocenters. The van der Waals surface area contributed by atoms with Crippen LogP contribution >= 0.6 is 0 Å². The lowest BCUT2D eigenvalue weighted by Gasteiger charge is -2.11. The Labute approximate surface area is 148 Å². The first-order valence-electron chi connectivity index (χ1n) is 7.77. The second kappa shape index (κ2) is 6.85. The fraction of sp³-hybridized carbons (Fsp3) is 0.176. The quantitative estimate of drug-likeness (QED) is 0.651. The molecule has 136 valence electrons. The number of para-hydroxylation sites is 2. The molecule has 3 rings (SSSR count). The number of fused-ring (bicyclic) bond motifs is 1. The van der Waals surface area contributed by atoms with E-state index in [-0.39, 0.29) is 23.5 Å². The molecule has 2 N–H and O–H groups in total. The molecule has 0 radical (unpaired) electrons. The average molecular weight is 377 g/mol. The number of benzene rings is 2. The van der Waals surface area contributed by atoms with Gasteiger partial charge in [-0.15, -0.1) is 0 Å². The van der Waals surface area contributed by atoms with E-state index in [0.717, 1.165) is 6.07 Å². The van der Waals surface area contributed by atoms with E-state index in [1.54, 1.807) is 24.3 Å². The molecule has 0 spiro atoms. The van der Waals surface area contributed by atoms with Crippen LogP contribution in [0.25, 0.3) is 11.0 Å². The van der Waals surface area contributed by atoms with Crippen LogP contribution < -0.4 is 15.8 Å². The number of halogens is 1. The van der Waals surface area contributed by atoms with Gasteiger partial charge < -0.3 is 9.55 Å². The topological polar surface area (TPSA) is 101 Å². The van der Waals surface area contributed by atoms with Crippen LogP contribution in [-0.4, -0.2) is 24.5 Å². The Morgan fingerprint density at radius 3 is 2.62 bits per heavy atom. The van der Waals surface area contributed by atoms with Gasteiger partial charge in [-0.25, -0.2) is 17.5 Å². The summed E-state index contributed by atoms with van der Waals surface area (Å²) in [7, 11) is -3.86. The van der Waals surface area contributed by atoms with Crippen LogP contribution in [0.15, 0.2) is 56.9 Å².